The summed E-state index contributed by atoms with van der Waals surface area (Å²) in [7, 11) is -3.58. The lowest BCUT2D eigenvalue weighted by Gasteiger charge is -2.31. The molecular formula is C17H25F3N4O2S. The van der Waals surface area contributed by atoms with Gasteiger partial charge in [0, 0.05) is 33.2 Å². The minimum Gasteiger partial charge on any atom is -0.356 e. The highest BCUT2D eigenvalue weighted by molar-refractivity contribution is 7.90. The van der Waals surface area contributed by atoms with E-state index < -0.39 is 15.5 Å². The molecule has 0 amide bonds. The first kappa shape index (κ1) is 21.5. The van der Waals surface area contributed by atoms with Crippen molar-refractivity contribution >= 4 is 16.0 Å². The Kier molecular flexibility index (Phi) is 7.10. The standard InChI is InChI=1S/C17H25F3N4O2S/c1-13-5-3-4-6-15(13)12-23-16(21-2)22-11-14-7-9-24(10-8-14)27(25,26)17(18,19)20/h3-6,14H,7-12H2,1-2H3,(H2,21,22,23). The van der Waals surface area contributed by atoms with Gasteiger partial charge in [0.05, 0.1) is 0 Å². The molecule has 1 saturated heterocycles. The Bertz CT molecular complexity index is 758. The minimum absolute atomic E-state index is 0.0849. The molecule has 0 aliphatic carbocycles. The Morgan fingerprint density at radius 2 is 1.85 bits per heavy atom. The number of aliphatic imine (C=N–C) groups is 1. The van der Waals surface area contributed by atoms with Crippen molar-refractivity contribution in [3.8, 4) is 0 Å². The average molecular weight is 406 g/mol. The fourth-order valence-electron chi connectivity index (χ4n) is 2.95. The number of hydrogen-bond donors (Lipinski definition) is 2. The number of nitrogens with one attached hydrogen (secondary N) is 2. The van der Waals surface area contributed by atoms with Crippen LogP contribution in [0, 0.1) is 12.8 Å². The Balaban J connectivity index is 1.79. The van der Waals surface area contributed by atoms with Crippen molar-refractivity contribution in [3.05, 3.63) is 35.4 Å². The third kappa shape index (κ3) is 5.58. The van der Waals surface area contributed by atoms with Crippen LogP contribution in [0.15, 0.2) is 29.3 Å². The molecule has 152 valence electrons. The molecule has 6 nitrogen and oxygen atoms in total. The molecule has 27 heavy (non-hydrogen) atoms. The first-order chi connectivity index (χ1) is 12.6. The zero-order valence-electron chi connectivity index (χ0n) is 15.4. The van der Waals surface area contributed by atoms with Crippen molar-refractivity contribution in [1.82, 2.24) is 14.9 Å². The molecule has 0 radical (unpaired) electrons. The SMILES string of the molecule is CN=C(NCc1ccccc1C)NCC1CCN(S(=O)(=O)C(F)(F)F)CC1. The minimum atomic E-state index is -5.24. The van der Waals surface area contributed by atoms with Gasteiger partial charge in [-0.1, -0.05) is 24.3 Å². The van der Waals surface area contributed by atoms with Crippen LogP contribution >= 0.6 is 0 Å². The number of aryl methyl sites for hydroxylation is 1. The van der Waals surface area contributed by atoms with Gasteiger partial charge in [-0.05, 0) is 36.8 Å². The number of nitrogens with zero attached hydrogens (tertiary/aromatic N) is 2. The quantitative estimate of drug-likeness (QED) is 0.581. The van der Waals surface area contributed by atoms with Gasteiger partial charge in [0.2, 0.25) is 0 Å². The highest BCUT2D eigenvalue weighted by Gasteiger charge is 2.50. The maximum Gasteiger partial charge on any atom is 0.511 e. The molecular weight excluding hydrogens is 381 g/mol. The molecule has 0 aromatic heterocycles. The van der Waals surface area contributed by atoms with E-state index in [4.69, 9.17) is 0 Å². The summed E-state index contributed by atoms with van der Waals surface area (Å²) in [6, 6.07) is 7.97. The second-order valence-electron chi connectivity index (χ2n) is 6.53. The molecule has 1 aliphatic heterocycles. The van der Waals surface area contributed by atoms with Crippen LogP contribution in [0.2, 0.25) is 0 Å². The average Bonchev–Trinajstić information content (AvgIpc) is 2.62. The number of hydrogen-bond acceptors (Lipinski definition) is 3. The van der Waals surface area contributed by atoms with Gasteiger partial charge in [-0.15, -0.1) is 0 Å². The molecule has 10 heteroatoms. The molecule has 2 N–H and O–H groups in total. The van der Waals surface area contributed by atoms with Crippen LogP contribution in [0.25, 0.3) is 0 Å². The van der Waals surface area contributed by atoms with Crippen molar-refractivity contribution in [3.63, 3.8) is 0 Å². The van der Waals surface area contributed by atoms with Crippen LogP contribution in [-0.4, -0.2) is 50.9 Å². The first-order valence-corrected chi connectivity index (χ1v) is 10.1. The lowest BCUT2D eigenvalue weighted by Crippen LogP contribution is -2.47. The summed E-state index contributed by atoms with van der Waals surface area (Å²) in [6.45, 7) is 2.91. The van der Waals surface area contributed by atoms with Crippen LogP contribution < -0.4 is 10.6 Å². The van der Waals surface area contributed by atoms with Crippen molar-refractivity contribution in [2.75, 3.05) is 26.7 Å². The smallest absolute Gasteiger partial charge is 0.356 e. The van der Waals surface area contributed by atoms with Gasteiger partial charge in [-0.3, -0.25) is 4.99 Å². The summed E-state index contributed by atoms with van der Waals surface area (Å²) in [6.07, 6.45) is 0.744. The molecule has 1 aliphatic rings. The second-order valence-corrected chi connectivity index (χ2v) is 8.46. The van der Waals surface area contributed by atoms with Crippen LogP contribution in [0.3, 0.4) is 0 Å². The van der Waals surface area contributed by atoms with Gasteiger partial charge in [-0.2, -0.15) is 17.5 Å². The van der Waals surface area contributed by atoms with E-state index in [1.54, 1.807) is 7.05 Å². The van der Waals surface area contributed by atoms with E-state index in [0.717, 1.165) is 5.56 Å². The van der Waals surface area contributed by atoms with Crippen molar-refractivity contribution in [2.24, 2.45) is 10.9 Å². The van der Waals surface area contributed by atoms with Gasteiger partial charge < -0.3 is 10.6 Å². The van der Waals surface area contributed by atoms with E-state index >= 15 is 0 Å². The van der Waals surface area contributed by atoms with Crippen LogP contribution in [0.4, 0.5) is 13.2 Å². The normalized spacial score (nSPS) is 17.7. The maximum absolute atomic E-state index is 12.6. The Hall–Kier alpha value is -1.81. The Morgan fingerprint density at radius 1 is 1.22 bits per heavy atom. The number of guanidine groups is 1. The summed E-state index contributed by atoms with van der Waals surface area (Å²) < 4.78 is 61.2. The first-order valence-electron chi connectivity index (χ1n) is 8.70. The molecule has 1 aromatic carbocycles. The summed E-state index contributed by atoms with van der Waals surface area (Å²) in [5, 5.41) is 6.36. The number of sulfonamides is 1. The van der Waals surface area contributed by atoms with E-state index in [0.29, 0.717) is 36.2 Å². The summed E-state index contributed by atoms with van der Waals surface area (Å²) in [5.41, 5.74) is -2.93. The fraction of sp³-hybridized carbons (Fsp3) is 0.588. The number of benzene rings is 1. The van der Waals surface area contributed by atoms with E-state index in [1.807, 2.05) is 31.2 Å². The van der Waals surface area contributed by atoms with Gasteiger partial charge in [-0.25, -0.2) is 8.42 Å². The number of rotatable bonds is 5. The third-order valence-electron chi connectivity index (χ3n) is 4.70. The monoisotopic (exact) mass is 406 g/mol. The van der Waals surface area contributed by atoms with Crippen molar-refractivity contribution < 1.29 is 21.6 Å². The second kappa shape index (κ2) is 8.92. The van der Waals surface area contributed by atoms with Gasteiger partial charge >= 0.3 is 15.5 Å². The molecule has 0 saturated carbocycles. The Labute approximate surface area is 157 Å². The number of alkyl halides is 3. The molecule has 2 rings (SSSR count). The van der Waals surface area contributed by atoms with Crippen molar-refractivity contribution in [1.29, 1.82) is 0 Å². The molecule has 1 fully saturated rings. The highest BCUT2D eigenvalue weighted by Crippen LogP contribution is 2.30. The van der Waals surface area contributed by atoms with Crippen molar-refractivity contribution in [2.45, 2.75) is 31.8 Å². The molecule has 0 spiro atoms. The summed E-state index contributed by atoms with van der Waals surface area (Å²) >= 11 is 0. The molecule has 1 aromatic rings. The largest absolute Gasteiger partial charge is 0.511 e. The van der Waals surface area contributed by atoms with E-state index in [1.165, 1.54) is 5.56 Å². The van der Waals surface area contributed by atoms with E-state index in [-0.39, 0.29) is 19.0 Å². The summed E-state index contributed by atoms with van der Waals surface area (Å²) in [5.74, 6) is 0.685. The Morgan fingerprint density at radius 3 is 2.41 bits per heavy atom. The van der Waals surface area contributed by atoms with Gasteiger partial charge in [0.15, 0.2) is 5.96 Å². The fourth-order valence-corrected chi connectivity index (χ4v) is 3.93. The molecule has 1 heterocycles. The van der Waals surface area contributed by atoms with Crippen LogP contribution in [0.5, 0.6) is 0 Å². The predicted molar refractivity (Wildman–Crippen MR) is 98.7 cm³/mol. The van der Waals surface area contributed by atoms with Gasteiger partial charge in [0.1, 0.15) is 0 Å². The lowest BCUT2D eigenvalue weighted by atomic mass is 9.98. The van der Waals surface area contributed by atoms with Crippen LogP contribution in [0.1, 0.15) is 24.0 Å². The summed E-state index contributed by atoms with van der Waals surface area (Å²) in [4.78, 5) is 4.14. The zero-order chi connectivity index (χ0) is 20.1. The topological polar surface area (TPSA) is 73.8 Å². The maximum atomic E-state index is 12.6. The lowest BCUT2D eigenvalue weighted by molar-refractivity contribution is -0.0496. The van der Waals surface area contributed by atoms with E-state index in [2.05, 4.69) is 15.6 Å². The number of halogens is 3. The van der Waals surface area contributed by atoms with Gasteiger partial charge in [0.25, 0.3) is 0 Å². The zero-order valence-corrected chi connectivity index (χ0v) is 16.2. The third-order valence-corrected chi connectivity index (χ3v) is 6.33. The number of piperidine rings is 1. The predicted octanol–water partition coefficient (Wildman–Crippen LogP) is 2.22. The van der Waals surface area contributed by atoms with Crippen LogP contribution in [-0.2, 0) is 16.6 Å². The molecule has 0 atom stereocenters. The van der Waals surface area contributed by atoms with E-state index in [9.17, 15) is 21.6 Å². The molecule has 0 bridgehead atoms. The highest BCUT2D eigenvalue weighted by atomic mass is 32.2. The molecule has 0 unspecified atom stereocenters.